The van der Waals surface area contributed by atoms with Crippen LogP contribution in [-0.4, -0.2) is 28.5 Å². The van der Waals surface area contributed by atoms with Gasteiger partial charge in [-0.15, -0.1) is 0 Å². The van der Waals surface area contributed by atoms with Crippen LogP contribution in [0.4, 0.5) is 0 Å². The number of nitrogens with two attached hydrogens (primary N) is 1. The number of aromatic nitrogens is 2. The lowest BCUT2D eigenvalue weighted by atomic mass is 9.79. The highest BCUT2D eigenvalue weighted by Gasteiger charge is 2.41. The minimum atomic E-state index is -0.429. The van der Waals surface area contributed by atoms with Gasteiger partial charge in [-0.3, -0.25) is 0 Å². The summed E-state index contributed by atoms with van der Waals surface area (Å²) in [5.74, 6) is 1.70. The summed E-state index contributed by atoms with van der Waals surface area (Å²) in [7, 11) is 0. The van der Waals surface area contributed by atoms with Crippen molar-refractivity contribution in [3.05, 3.63) is 11.7 Å². The molecule has 3 N–H and O–H groups in total. The monoisotopic (exact) mass is 283 g/mol. The third kappa shape index (κ3) is 3.19. The second kappa shape index (κ2) is 6.65. The smallest absolute Gasteiger partial charge is 0.243 e. The van der Waals surface area contributed by atoms with Gasteiger partial charge in [-0.25, -0.2) is 0 Å². The summed E-state index contributed by atoms with van der Waals surface area (Å²) in [5.41, 5.74) is 5.46. The van der Waals surface area contributed by atoms with Crippen LogP contribution in [0.2, 0.25) is 0 Å². The first-order chi connectivity index (χ1) is 9.61. The molecular weight excluding hydrogens is 258 g/mol. The number of hydrogen-bond donors (Lipinski definition) is 2. The van der Waals surface area contributed by atoms with Crippen molar-refractivity contribution in [2.45, 2.75) is 57.6 Å². The molecule has 1 aromatic rings. The van der Waals surface area contributed by atoms with E-state index in [1.807, 2.05) is 6.92 Å². The zero-order valence-corrected chi connectivity index (χ0v) is 12.3. The van der Waals surface area contributed by atoms with Crippen molar-refractivity contribution in [1.29, 1.82) is 0 Å². The van der Waals surface area contributed by atoms with Crippen LogP contribution in [0.5, 0.6) is 0 Å². The minimum absolute atomic E-state index is 0.00694. The second-order valence-electron chi connectivity index (χ2n) is 5.68. The quantitative estimate of drug-likeness (QED) is 0.828. The van der Waals surface area contributed by atoms with Gasteiger partial charge in [-0.2, -0.15) is 4.98 Å². The average molecular weight is 283 g/mol. The molecule has 1 aliphatic carbocycles. The molecular formula is C14H25N3O3. The maximum atomic E-state index is 8.92. The first kappa shape index (κ1) is 15.4. The molecule has 1 aromatic heterocycles. The van der Waals surface area contributed by atoms with Gasteiger partial charge < -0.3 is 20.1 Å². The van der Waals surface area contributed by atoms with Crippen LogP contribution in [0, 0.1) is 5.92 Å². The first-order valence-electron chi connectivity index (χ1n) is 7.45. The fraction of sp³-hybridized carbons (Fsp3) is 0.857. The number of hydrogen-bond acceptors (Lipinski definition) is 6. The van der Waals surface area contributed by atoms with Crippen molar-refractivity contribution in [1.82, 2.24) is 10.1 Å². The van der Waals surface area contributed by atoms with Crippen molar-refractivity contribution in [2.75, 3.05) is 13.2 Å². The largest absolute Gasteiger partial charge is 0.396 e. The Labute approximate surface area is 119 Å². The number of nitrogens with zero attached hydrogens (tertiary/aromatic N) is 2. The summed E-state index contributed by atoms with van der Waals surface area (Å²) in [6.45, 7) is 4.88. The van der Waals surface area contributed by atoms with E-state index in [1.165, 1.54) is 0 Å². The van der Waals surface area contributed by atoms with Crippen LogP contribution < -0.4 is 5.73 Å². The van der Waals surface area contributed by atoms with E-state index in [-0.39, 0.29) is 6.61 Å². The summed E-state index contributed by atoms with van der Waals surface area (Å²) in [5, 5.41) is 13.0. The summed E-state index contributed by atoms with van der Waals surface area (Å²) < 4.78 is 11.2. The summed E-state index contributed by atoms with van der Waals surface area (Å²) in [4.78, 5) is 4.43. The lowest BCUT2D eigenvalue weighted by molar-refractivity contribution is -0.0847. The maximum absolute atomic E-state index is 8.92. The Bertz CT molecular complexity index is 414. The average Bonchev–Trinajstić information content (AvgIpc) is 2.92. The van der Waals surface area contributed by atoms with Gasteiger partial charge in [-0.1, -0.05) is 12.1 Å². The van der Waals surface area contributed by atoms with Gasteiger partial charge in [0.15, 0.2) is 0 Å². The van der Waals surface area contributed by atoms with Gasteiger partial charge in [0.25, 0.3) is 0 Å². The van der Waals surface area contributed by atoms with Gasteiger partial charge in [-0.05, 0) is 44.9 Å². The molecule has 0 aromatic carbocycles. The number of ether oxygens (including phenoxy) is 1. The van der Waals surface area contributed by atoms with E-state index < -0.39 is 11.6 Å². The Morgan fingerprint density at radius 3 is 2.80 bits per heavy atom. The molecule has 0 radical (unpaired) electrons. The molecule has 20 heavy (non-hydrogen) atoms. The van der Waals surface area contributed by atoms with Gasteiger partial charge in [0, 0.05) is 13.2 Å². The van der Waals surface area contributed by atoms with Gasteiger partial charge in [0.05, 0.1) is 6.04 Å². The summed E-state index contributed by atoms with van der Waals surface area (Å²) in [6, 6.07) is -0.414. The zero-order valence-electron chi connectivity index (χ0n) is 12.3. The topological polar surface area (TPSA) is 94.4 Å². The SMILES string of the molecule is CCOC1(c2noc(C(N)CCO)n2)CCC(C)CC1. The maximum Gasteiger partial charge on any atom is 0.243 e. The van der Waals surface area contributed by atoms with Crippen molar-refractivity contribution < 1.29 is 14.4 Å². The van der Waals surface area contributed by atoms with Crippen molar-refractivity contribution >= 4 is 0 Å². The van der Waals surface area contributed by atoms with Crippen LogP contribution in [0.3, 0.4) is 0 Å². The molecule has 1 atom stereocenters. The van der Waals surface area contributed by atoms with Gasteiger partial charge in [0.1, 0.15) is 5.60 Å². The van der Waals surface area contributed by atoms with Crippen molar-refractivity contribution in [3.8, 4) is 0 Å². The fourth-order valence-corrected chi connectivity index (χ4v) is 2.77. The lowest BCUT2D eigenvalue weighted by Gasteiger charge is -2.36. The molecule has 0 amide bonds. The number of aliphatic hydroxyl groups is 1. The molecule has 2 rings (SSSR count). The number of aliphatic hydroxyl groups excluding tert-OH is 1. The highest BCUT2D eigenvalue weighted by atomic mass is 16.5. The van der Waals surface area contributed by atoms with Crippen LogP contribution in [0.15, 0.2) is 4.52 Å². The predicted molar refractivity (Wildman–Crippen MR) is 73.9 cm³/mol. The first-order valence-corrected chi connectivity index (χ1v) is 7.45. The van der Waals surface area contributed by atoms with E-state index in [4.69, 9.17) is 20.1 Å². The molecule has 1 fully saturated rings. The Balaban J connectivity index is 2.17. The van der Waals surface area contributed by atoms with Crippen molar-refractivity contribution in [3.63, 3.8) is 0 Å². The van der Waals surface area contributed by atoms with E-state index in [0.29, 0.717) is 30.7 Å². The molecule has 0 bridgehead atoms. The Kier molecular flexibility index (Phi) is 5.12. The van der Waals surface area contributed by atoms with Crippen LogP contribution in [0.25, 0.3) is 0 Å². The standard InChI is InChI=1S/C14H25N3O3/c1-3-19-14(7-4-10(2)5-8-14)13-16-12(20-17-13)11(15)6-9-18/h10-11,18H,3-9,15H2,1-2H3. The normalized spacial score (nSPS) is 28.5. The van der Waals surface area contributed by atoms with Crippen molar-refractivity contribution in [2.24, 2.45) is 11.7 Å². The molecule has 6 heteroatoms. The van der Waals surface area contributed by atoms with Crippen LogP contribution >= 0.6 is 0 Å². The lowest BCUT2D eigenvalue weighted by Crippen LogP contribution is -2.35. The highest BCUT2D eigenvalue weighted by Crippen LogP contribution is 2.41. The minimum Gasteiger partial charge on any atom is -0.396 e. The summed E-state index contributed by atoms with van der Waals surface area (Å²) in [6.07, 6.45) is 4.45. The second-order valence-corrected chi connectivity index (χ2v) is 5.68. The van der Waals surface area contributed by atoms with E-state index in [9.17, 15) is 0 Å². The predicted octanol–water partition coefficient (Wildman–Crippen LogP) is 1.89. The van der Waals surface area contributed by atoms with E-state index in [0.717, 1.165) is 25.7 Å². The molecule has 0 spiro atoms. The fourth-order valence-electron chi connectivity index (χ4n) is 2.77. The summed E-state index contributed by atoms with van der Waals surface area (Å²) >= 11 is 0. The third-order valence-electron chi connectivity index (χ3n) is 4.11. The Morgan fingerprint density at radius 2 is 2.20 bits per heavy atom. The van der Waals surface area contributed by atoms with Gasteiger partial charge in [0.2, 0.25) is 11.7 Å². The van der Waals surface area contributed by atoms with Crippen LogP contribution in [-0.2, 0) is 10.3 Å². The molecule has 114 valence electrons. The van der Waals surface area contributed by atoms with E-state index in [1.54, 1.807) is 0 Å². The molecule has 1 saturated carbocycles. The van der Waals surface area contributed by atoms with E-state index in [2.05, 4.69) is 17.1 Å². The molecule has 0 aliphatic heterocycles. The Morgan fingerprint density at radius 1 is 1.50 bits per heavy atom. The van der Waals surface area contributed by atoms with Crippen LogP contribution in [0.1, 0.15) is 63.7 Å². The highest BCUT2D eigenvalue weighted by molar-refractivity contribution is 5.05. The Hall–Kier alpha value is -0.980. The molecule has 1 aliphatic rings. The number of rotatable bonds is 6. The molecule has 1 heterocycles. The molecule has 1 unspecified atom stereocenters. The molecule has 6 nitrogen and oxygen atoms in total. The van der Waals surface area contributed by atoms with Gasteiger partial charge >= 0.3 is 0 Å². The molecule has 0 saturated heterocycles. The third-order valence-corrected chi connectivity index (χ3v) is 4.11. The van der Waals surface area contributed by atoms with E-state index >= 15 is 0 Å². The zero-order chi connectivity index (χ0) is 14.6.